The summed E-state index contributed by atoms with van der Waals surface area (Å²) in [6, 6.07) is 136. The van der Waals surface area contributed by atoms with E-state index in [-0.39, 0.29) is 0 Å². The van der Waals surface area contributed by atoms with E-state index in [9.17, 15) is 0 Å². The van der Waals surface area contributed by atoms with E-state index in [1.54, 1.807) is 0 Å². The van der Waals surface area contributed by atoms with Gasteiger partial charge in [0.25, 0.3) is 0 Å². The van der Waals surface area contributed by atoms with Crippen molar-refractivity contribution < 1.29 is 0 Å². The molecule has 13 aromatic carbocycles. The van der Waals surface area contributed by atoms with Crippen LogP contribution in [-0.4, -0.2) is 0 Å². The van der Waals surface area contributed by atoms with E-state index in [1.807, 2.05) is 0 Å². The molecule has 0 aliphatic carbocycles. The molecular weight excluding hydrogens is 1030 g/mol. The lowest BCUT2D eigenvalue weighted by atomic mass is 9.93. The molecule has 0 spiro atoms. The highest BCUT2D eigenvalue weighted by Crippen LogP contribution is 2.76. The molecule has 0 aliphatic rings. The number of rotatable bonds is 15. The largest absolute Gasteiger partial charge is 0.133 e. The second-order valence-electron chi connectivity index (χ2n) is 20.0. The van der Waals surface area contributed by atoms with Crippen LogP contribution in [0.15, 0.2) is 423 Å². The zero-order valence-corrected chi connectivity index (χ0v) is 47.3. The van der Waals surface area contributed by atoms with Crippen molar-refractivity contribution in [2.75, 3.05) is 0 Å². The summed E-state index contributed by atoms with van der Waals surface area (Å²) in [6.07, 6.45) is 0. The van der Waals surface area contributed by atoms with Gasteiger partial charge in [-0.15, -0.1) is 30.1 Å². The second-order valence-corrected chi connectivity index (χ2v) is 29.4. The van der Waals surface area contributed by atoms with Gasteiger partial charge < -0.3 is 0 Å². The maximum Gasteiger partial charge on any atom is 0.00233 e. The second kappa shape index (κ2) is 22.9. The Morgan fingerprint density at radius 1 is 0.111 bits per heavy atom. The quantitative estimate of drug-likeness (QED) is 0.0960. The molecule has 81 heavy (non-hydrogen) atoms. The maximum atomic E-state index is 2.40. The summed E-state index contributed by atoms with van der Waals surface area (Å²) in [5.41, 5.74) is 6.99. The van der Waals surface area contributed by atoms with Crippen LogP contribution in [0.3, 0.4) is 0 Å². The summed E-state index contributed by atoms with van der Waals surface area (Å²) in [6.45, 7) is 0. The van der Waals surface area contributed by atoms with Crippen LogP contribution in [0.4, 0.5) is 0 Å². The molecule has 390 valence electrons. The molecule has 0 nitrogen and oxygen atoms in total. The zero-order valence-electron chi connectivity index (χ0n) is 44.9. The van der Waals surface area contributed by atoms with E-state index in [1.165, 1.54) is 75.4 Å². The van der Waals surface area contributed by atoms with Crippen molar-refractivity contribution in [1.29, 1.82) is 0 Å². The average molecular weight is 1090 g/mol. The van der Waals surface area contributed by atoms with Crippen molar-refractivity contribution in [3.8, 4) is 33.4 Å². The van der Waals surface area contributed by atoms with E-state index in [4.69, 9.17) is 0 Å². The standard InChI is InChI=1S/C78H60S3/c1-10-28-67(29-11-1)79(68-30-12-2-13-31-68,69-32-14-3-15-33-69)76-52-46-61(47-53-76)64-58-65(62-48-54-77(55-49-62)80(70-34-16-4-17-35-70,71-36-18-5-19-37-71)72-38-20-6-21-39-72)60-66(59-64)63-50-56-78(57-51-63)81(73-40-22-7-23-41-73,74-42-24-8-25-43-74)75-44-26-9-27-45-75/h1-60H. The van der Waals surface area contributed by atoms with Crippen LogP contribution in [0.25, 0.3) is 33.4 Å². The first-order valence-corrected chi connectivity index (χ1v) is 32.5. The summed E-state index contributed by atoms with van der Waals surface area (Å²) in [7, 11) is -5.59. The summed E-state index contributed by atoms with van der Waals surface area (Å²) in [4.78, 5) is 15.6. The molecule has 0 fully saturated rings. The Bertz CT molecular complexity index is 3390. The van der Waals surface area contributed by atoms with Crippen molar-refractivity contribution in [3.63, 3.8) is 0 Å². The van der Waals surface area contributed by atoms with Crippen molar-refractivity contribution >= 4 is 30.1 Å². The molecule has 13 aromatic rings. The molecule has 0 aliphatic heterocycles. The predicted octanol–water partition coefficient (Wildman–Crippen LogP) is 22.7. The monoisotopic (exact) mass is 1090 g/mol. The van der Waals surface area contributed by atoms with E-state index < -0.39 is 30.1 Å². The van der Waals surface area contributed by atoms with Gasteiger partial charge in [-0.1, -0.05) is 200 Å². The van der Waals surface area contributed by atoms with Crippen LogP contribution >= 0.6 is 30.1 Å². The van der Waals surface area contributed by atoms with E-state index in [0.29, 0.717) is 0 Å². The summed E-state index contributed by atoms with van der Waals surface area (Å²) >= 11 is 0. The molecule has 0 atom stereocenters. The lowest BCUT2D eigenvalue weighted by Crippen LogP contribution is -2.05. The summed E-state index contributed by atoms with van der Waals surface area (Å²) in [5.74, 6) is 0. The van der Waals surface area contributed by atoms with Crippen LogP contribution in [-0.2, 0) is 0 Å². The highest BCUT2D eigenvalue weighted by atomic mass is 32.3. The van der Waals surface area contributed by atoms with Gasteiger partial charge in [-0.3, -0.25) is 0 Å². The molecule has 0 saturated carbocycles. The molecule has 3 heteroatoms. The minimum absolute atomic E-state index is 1.16. The Hall–Kier alpha value is -9.09. The molecular formula is C78H60S3. The minimum Gasteiger partial charge on any atom is -0.133 e. The number of hydrogen-bond acceptors (Lipinski definition) is 0. The van der Waals surface area contributed by atoms with Crippen LogP contribution in [0, 0.1) is 0 Å². The van der Waals surface area contributed by atoms with Crippen LogP contribution < -0.4 is 0 Å². The molecule has 0 radical (unpaired) electrons. The molecule has 0 saturated heterocycles. The van der Waals surface area contributed by atoms with Crippen LogP contribution in [0.5, 0.6) is 0 Å². The molecule has 0 amide bonds. The van der Waals surface area contributed by atoms with E-state index >= 15 is 0 Å². The van der Waals surface area contributed by atoms with E-state index in [2.05, 4.69) is 364 Å². The van der Waals surface area contributed by atoms with Gasteiger partial charge in [0.15, 0.2) is 0 Å². The SMILES string of the molecule is c1ccc(S(c2ccccc2)(c2ccccc2)c2ccc(-c3cc(-c4ccc(S(c5ccccc5)(c5ccccc5)c5ccccc5)cc4)cc(-c4ccc(S(c5ccccc5)(c5ccccc5)c5ccccc5)cc4)c3)cc2)cc1. The van der Waals surface area contributed by atoms with Crippen molar-refractivity contribution in [3.05, 3.63) is 364 Å². The van der Waals surface area contributed by atoms with Crippen LogP contribution in [0.2, 0.25) is 0 Å². The lowest BCUT2D eigenvalue weighted by molar-refractivity contribution is 1.24. The fourth-order valence-corrected chi connectivity index (χ4v) is 23.4. The first-order valence-electron chi connectivity index (χ1n) is 27.6. The Morgan fingerprint density at radius 2 is 0.235 bits per heavy atom. The highest BCUT2D eigenvalue weighted by molar-refractivity contribution is 8.34. The first kappa shape index (κ1) is 51.4. The highest BCUT2D eigenvalue weighted by Gasteiger charge is 2.36. The lowest BCUT2D eigenvalue weighted by Gasteiger charge is -2.42. The predicted molar refractivity (Wildman–Crippen MR) is 343 cm³/mol. The van der Waals surface area contributed by atoms with Gasteiger partial charge in [0.05, 0.1) is 0 Å². The van der Waals surface area contributed by atoms with Gasteiger partial charge in [0.1, 0.15) is 0 Å². The van der Waals surface area contributed by atoms with Crippen molar-refractivity contribution in [2.24, 2.45) is 0 Å². The van der Waals surface area contributed by atoms with Gasteiger partial charge >= 0.3 is 0 Å². The molecule has 0 aromatic heterocycles. The normalized spacial score (nSPS) is 12.3. The van der Waals surface area contributed by atoms with Crippen LogP contribution in [0.1, 0.15) is 0 Å². The minimum atomic E-state index is -1.86. The number of hydrogen-bond donors (Lipinski definition) is 0. The maximum absolute atomic E-state index is 2.40. The average Bonchev–Trinajstić information content (AvgIpc) is 3.64. The molecule has 0 unspecified atom stereocenters. The topological polar surface area (TPSA) is 0 Å². The Labute approximate surface area is 482 Å². The summed E-state index contributed by atoms with van der Waals surface area (Å²) < 4.78 is 0. The smallest absolute Gasteiger partial charge is 0.00233 e. The molecule has 13 rings (SSSR count). The third-order valence-electron chi connectivity index (χ3n) is 15.4. The van der Waals surface area contributed by atoms with Gasteiger partial charge in [0, 0.05) is 58.7 Å². The van der Waals surface area contributed by atoms with Crippen molar-refractivity contribution in [2.45, 2.75) is 58.7 Å². The Kier molecular flexibility index (Phi) is 14.5. The zero-order chi connectivity index (χ0) is 54.3. The Balaban J connectivity index is 0.984. The van der Waals surface area contributed by atoms with E-state index in [0.717, 1.165) is 16.7 Å². The first-order chi connectivity index (χ1) is 40.2. The molecule has 0 heterocycles. The Morgan fingerprint density at radius 3 is 0.370 bits per heavy atom. The fraction of sp³-hybridized carbons (Fsp3) is 0. The number of benzene rings is 13. The van der Waals surface area contributed by atoms with Crippen molar-refractivity contribution in [1.82, 2.24) is 0 Å². The van der Waals surface area contributed by atoms with Gasteiger partial charge in [-0.05, 0) is 197 Å². The molecule has 0 N–H and O–H groups in total. The molecule has 0 bridgehead atoms. The van der Waals surface area contributed by atoms with Gasteiger partial charge in [0.2, 0.25) is 0 Å². The van der Waals surface area contributed by atoms with Gasteiger partial charge in [-0.2, -0.15) is 0 Å². The third-order valence-corrected chi connectivity index (χ3v) is 27.2. The fourth-order valence-electron chi connectivity index (χ4n) is 11.8. The van der Waals surface area contributed by atoms with Gasteiger partial charge in [-0.25, -0.2) is 0 Å². The third kappa shape index (κ3) is 9.44. The summed E-state index contributed by atoms with van der Waals surface area (Å²) in [5, 5.41) is 0.